The second kappa shape index (κ2) is 9.69. The second-order valence-electron chi connectivity index (χ2n) is 9.30. The van der Waals surface area contributed by atoms with E-state index in [0.29, 0.717) is 22.1 Å². The number of nitriles is 1. The van der Waals surface area contributed by atoms with Gasteiger partial charge in [0.05, 0.1) is 5.92 Å². The Kier molecular flexibility index (Phi) is 6.68. The standard InChI is InChI=1S/C29H25ClN2O3/c1-29(2,3)20-9-4-18(5-10-20)6-15-26(33)34-22-13-14-23-25(16-22)35-28(32)24(17-31)27(23)19-7-11-21(30)12-8-19/h4-16,27H,32H2,1-3H3/b15-6+. The van der Waals surface area contributed by atoms with E-state index in [0.717, 1.165) is 16.7 Å². The van der Waals surface area contributed by atoms with Crippen LogP contribution in [0.4, 0.5) is 0 Å². The van der Waals surface area contributed by atoms with Gasteiger partial charge < -0.3 is 15.2 Å². The first-order valence-corrected chi connectivity index (χ1v) is 11.5. The molecule has 0 radical (unpaired) electrons. The number of hydrogen-bond donors (Lipinski definition) is 1. The van der Waals surface area contributed by atoms with Crippen LogP contribution in [-0.2, 0) is 10.2 Å². The summed E-state index contributed by atoms with van der Waals surface area (Å²) in [6.45, 7) is 6.46. The maximum absolute atomic E-state index is 12.4. The van der Waals surface area contributed by atoms with Crippen LogP contribution in [0.1, 0.15) is 48.9 Å². The van der Waals surface area contributed by atoms with Gasteiger partial charge in [0.25, 0.3) is 0 Å². The van der Waals surface area contributed by atoms with Crippen molar-refractivity contribution in [1.82, 2.24) is 0 Å². The highest BCUT2D eigenvalue weighted by atomic mass is 35.5. The number of nitrogens with two attached hydrogens (primary N) is 1. The summed E-state index contributed by atoms with van der Waals surface area (Å²) in [5.74, 6) is -0.182. The molecule has 4 rings (SSSR count). The summed E-state index contributed by atoms with van der Waals surface area (Å²) < 4.78 is 11.2. The summed E-state index contributed by atoms with van der Waals surface area (Å²) in [7, 11) is 0. The lowest BCUT2D eigenvalue weighted by atomic mass is 9.83. The predicted octanol–water partition coefficient (Wildman–Crippen LogP) is 6.47. The maximum Gasteiger partial charge on any atom is 0.336 e. The second-order valence-corrected chi connectivity index (χ2v) is 9.74. The SMILES string of the molecule is CC(C)(C)c1ccc(/C=C/C(=O)Oc2ccc3c(c2)OC(N)=C(C#N)C3c2ccc(Cl)cc2)cc1. The Balaban J connectivity index is 1.53. The van der Waals surface area contributed by atoms with E-state index in [4.69, 9.17) is 26.8 Å². The van der Waals surface area contributed by atoms with Crippen molar-refractivity contribution in [3.8, 4) is 17.6 Å². The van der Waals surface area contributed by atoms with Crippen LogP contribution in [0.15, 0.2) is 84.3 Å². The molecule has 1 aliphatic rings. The fourth-order valence-electron chi connectivity index (χ4n) is 3.91. The minimum Gasteiger partial charge on any atom is -0.440 e. The van der Waals surface area contributed by atoms with Crippen LogP contribution in [0.5, 0.6) is 11.5 Å². The van der Waals surface area contributed by atoms with Crippen molar-refractivity contribution in [3.63, 3.8) is 0 Å². The molecule has 0 aromatic heterocycles. The molecule has 3 aromatic rings. The van der Waals surface area contributed by atoms with Crippen molar-refractivity contribution in [1.29, 1.82) is 5.26 Å². The smallest absolute Gasteiger partial charge is 0.336 e. The molecule has 0 bridgehead atoms. The third-order valence-corrected chi connectivity index (χ3v) is 6.05. The number of nitrogens with zero attached hydrogens (tertiary/aromatic N) is 1. The molecule has 0 spiro atoms. The molecule has 1 atom stereocenters. The molecule has 0 saturated heterocycles. The van der Waals surface area contributed by atoms with Gasteiger partial charge in [0.15, 0.2) is 0 Å². The Morgan fingerprint density at radius 2 is 1.77 bits per heavy atom. The minimum absolute atomic E-state index is 0.0158. The zero-order valence-corrected chi connectivity index (χ0v) is 20.5. The average Bonchev–Trinajstić information content (AvgIpc) is 2.82. The van der Waals surface area contributed by atoms with Crippen molar-refractivity contribution in [2.45, 2.75) is 32.1 Å². The van der Waals surface area contributed by atoms with E-state index < -0.39 is 11.9 Å². The molecule has 35 heavy (non-hydrogen) atoms. The highest BCUT2D eigenvalue weighted by Crippen LogP contribution is 2.43. The number of hydrogen-bond acceptors (Lipinski definition) is 5. The zero-order valence-electron chi connectivity index (χ0n) is 19.7. The van der Waals surface area contributed by atoms with Gasteiger partial charge in [-0.3, -0.25) is 0 Å². The van der Waals surface area contributed by atoms with Gasteiger partial charge >= 0.3 is 5.97 Å². The van der Waals surface area contributed by atoms with E-state index in [-0.39, 0.29) is 11.3 Å². The van der Waals surface area contributed by atoms with E-state index in [1.807, 2.05) is 24.3 Å². The molecule has 1 aliphatic heterocycles. The fourth-order valence-corrected chi connectivity index (χ4v) is 4.03. The molecule has 0 fully saturated rings. The van der Waals surface area contributed by atoms with E-state index in [2.05, 4.69) is 39.0 Å². The summed E-state index contributed by atoms with van der Waals surface area (Å²) in [5.41, 5.74) is 10.1. The average molecular weight is 485 g/mol. The lowest BCUT2D eigenvalue weighted by molar-refractivity contribution is -0.128. The lowest BCUT2D eigenvalue weighted by Gasteiger charge is -2.26. The normalized spacial score (nSPS) is 15.3. The van der Waals surface area contributed by atoms with Crippen molar-refractivity contribution >= 4 is 23.6 Å². The molecule has 5 nitrogen and oxygen atoms in total. The number of carbonyl (C=O) groups excluding carboxylic acids is 1. The number of carbonyl (C=O) groups is 1. The number of esters is 1. The van der Waals surface area contributed by atoms with Gasteiger partial charge in [-0.25, -0.2) is 4.79 Å². The molecule has 0 saturated carbocycles. The van der Waals surface area contributed by atoms with Gasteiger partial charge in [-0.15, -0.1) is 0 Å². The number of allylic oxidation sites excluding steroid dienone is 1. The molecule has 1 heterocycles. The largest absolute Gasteiger partial charge is 0.440 e. The van der Waals surface area contributed by atoms with Gasteiger partial charge in [0.2, 0.25) is 5.88 Å². The third-order valence-electron chi connectivity index (χ3n) is 5.80. The Bertz CT molecular complexity index is 1360. The van der Waals surface area contributed by atoms with Crippen LogP contribution in [0.25, 0.3) is 6.08 Å². The molecule has 0 amide bonds. The van der Waals surface area contributed by atoms with Crippen molar-refractivity contribution in [2.24, 2.45) is 5.73 Å². The van der Waals surface area contributed by atoms with Crippen LogP contribution >= 0.6 is 11.6 Å². The first-order chi connectivity index (χ1) is 16.7. The highest BCUT2D eigenvalue weighted by Gasteiger charge is 2.31. The van der Waals surface area contributed by atoms with E-state index >= 15 is 0 Å². The first-order valence-electron chi connectivity index (χ1n) is 11.1. The molecule has 176 valence electrons. The Hall–Kier alpha value is -4.01. The Morgan fingerprint density at radius 3 is 2.40 bits per heavy atom. The molecule has 0 aliphatic carbocycles. The molecule has 1 unspecified atom stereocenters. The zero-order chi connectivity index (χ0) is 25.2. The number of fused-ring (bicyclic) bond motifs is 1. The Labute approximate surface area is 210 Å². The van der Waals surface area contributed by atoms with Crippen molar-refractivity contribution in [2.75, 3.05) is 0 Å². The number of benzene rings is 3. The number of halogens is 1. The maximum atomic E-state index is 12.4. The summed E-state index contributed by atoms with van der Waals surface area (Å²) in [6.07, 6.45) is 3.09. The van der Waals surface area contributed by atoms with Crippen LogP contribution in [0, 0.1) is 11.3 Å². The van der Waals surface area contributed by atoms with Crippen LogP contribution in [0.2, 0.25) is 5.02 Å². The summed E-state index contributed by atoms with van der Waals surface area (Å²) in [6, 6.07) is 22.5. The summed E-state index contributed by atoms with van der Waals surface area (Å²) in [4.78, 5) is 12.4. The van der Waals surface area contributed by atoms with E-state index in [1.54, 1.807) is 36.4 Å². The molecule has 6 heteroatoms. The van der Waals surface area contributed by atoms with Gasteiger partial charge in [-0.1, -0.05) is 74.8 Å². The summed E-state index contributed by atoms with van der Waals surface area (Å²) in [5, 5.41) is 10.3. The van der Waals surface area contributed by atoms with E-state index in [1.165, 1.54) is 11.6 Å². The molecular formula is C29H25ClN2O3. The fraction of sp³-hybridized carbons (Fsp3) is 0.172. The molecule has 3 aromatic carbocycles. The topological polar surface area (TPSA) is 85.3 Å². The lowest BCUT2D eigenvalue weighted by Crippen LogP contribution is -2.21. The highest BCUT2D eigenvalue weighted by molar-refractivity contribution is 6.30. The van der Waals surface area contributed by atoms with Crippen molar-refractivity contribution in [3.05, 3.63) is 112 Å². The van der Waals surface area contributed by atoms with Crippen LogP contribution < -0.4 is 15.2 Å². The van der Waals surface area contributed by atoms with Gasteiger partial charge in [-0.05, 0) is 46.4 Å². The van der Waals surface area contributed by atoms with Gasteiger partial charge in [0, 0.05) is 22.7 Å². The summed E-state index contributed by atoms with van der Waals surface area (Å²) >= 11 is 6.03. The van der Waals surface area contributed by atoms with Gasteiger partial charge in [0.1, 0.15) is 23.1 Å². The molecular weight excluding hydrogens is 460 g/mol. The van der Waals surface area contributed by atoms with E-state index in [9.17, 15) is 10.1 Å². The third kappa shape index (κ3) is 5.40. The number of rotatable bonds is 4. The monoisotopic (exact) mass is 484 g/mol. The predicted molar refractivity (Wildman–Crippen MR) is 137 cm³/mol. The van der Waals surface area contributed by atoms with Crippen LogP contribution in [-0.4, -0.2) is 5.97 Å². The number of ether oxygens (including phenoxy) is 2. The Morgan fingerprint density at radius 1 is 1.09 bits per heavy atom. The first kappa shape index (κ1) is 24.1. The quantitative estimate of drug-likeness (QED) is 0.260. The van der Waals surface area contributed by atoms with Crippen LogP contribution in [0.3, 0.4) is 0 Å². The minimum atomic E-state index is -0.517. The van der Waals surface area contributed by atoms with Crippen molar-refractivity contribution < 1.29 is 14.3 Å². The molecule has 2 N–H and O–H groups in total. The van der Waals surface area contributed by atoms with Gasteiger partial charge in [-0.2, -0.15) is 5.26 Å².